The summed E-state index contributed by atoms with van der Waals surface area (Å²) in [6, 6.07) is 7.17. The van der Waals surface area contributed by atoms with Crippen molar-refractivity contribution < 1.29 is 9.90 Å². The summed E-state index contributed by atoms with van der Waals surface area (Å²) in [6.45, 7) is 0.194. The number of benzene rings is 1. The predicted molar refractivity (Wildman–Crippen MR) is 83.5 cm³/mol. The highest BCUT2D eigenvalue weighted by molar-refractivity contribution is 9.11. The second-order valence-electron chi connectivity index (χ2n) is 3.94. The van der Waals surface area contributed by atoms with Crippen LogP contribution in [0.1, 0.15) is 22.0 Å². The fourth-order valence-corrected chi connectivity index (χ4v) is 3.56. The van der Waals surface area contributed by atoms with E-state index in [-0.39, 0.29) is 12.5 Å². The molecule has 100 valence electrons. The molecule has 0 fully saturated rings. The van der Waals surface area contributed by atoms with E-state index in [0.29, 0.717) is 5.56 Å². The normalized spacial score (nSPS) is 12.2. The molecule has 6 heteroatoms. The zero-order valence-corrected chi connectivity index (χ0v) is 13.8. The fourth-order valence-electron chi connectivity index (χ4n) is 1.56. The maximum atomic E-state index is 12.0. The Bertz CT molecular complexity index is 552. The van der Waals surface area contributed by atoms with Gasteiger partial charge in [0, 0.05) is 21.1 Å². The highest BCUT2D eigenvalue weighted by Gasteiger charge is 2.12. The number of aliphatic hydroxyl groups is 1. The third-order valence-electron chi connectivity index (χ3n) is 2.51. The monoisotopic (exact) mass is 403 g/mol. The number of halogens is 2. The SMILES string of the molecule is O=C(NCC(O)c1ccsc1)c1cc(Br)cc(Br)c1. The molecule has 1 amide bonds. The minimum Gasteiger partial charge on any atom is -0.387 e. The van der Waals surface area contributed by atoms with E-state index in [0.717, 1.165) is 14.5 Å². The van der Waals surface area contributed by atoms with E-state index in [1.54, 1.807) is 12.1 Å². The number of carbonyl (C=O) groups excluding carboxylic acids is 1. The first-order valence-corrected chi connectivity index (χ1v) is 8.03. The fraction of sp³-hybridized carbons (Fsp3) is 0.154. The number of rotatable bonds is 4. The van der Waals surface area contributed by atoms with Crippen molar-refractivity contribution >= 4 is 49.1 Å². The van der Waals surface area contributed by atoms with Gasteiger partial charge in [0.1, 0.15) is 0 Å². The van der Waals surface area contributed by atoms with Crippen LogP contribution in [0.3, 0.4) is 0 Å². The Hall–Kier alpha value is -0.690. The number of hydrogen-bond acceptors (Lipinski definition) is 3. The van der Waals surface area contributed by atoms with Gasteiger partial charge in [0.05, 0.1) is 6.10 Å². The summed E-state index contributed by atoms with van der Waals surface area (Å²) in [5.74, 6) is -0.212. The third-order valence-corrected chi connectivity index (χ3v) is 4.13. The average Bonchev–Trinajstić information content (AvgIpc) is 2.88. The average molecular weight is 405 g/mol. The molecule has 0 aliphatic rings. The number of thiophene rings is 1. The lowest BCUT2D eigenvalue weighted by Crippen LogP contribution is -2.28. The molecular weight excluding hydrogens is 394 g/mol. The van der Waals surface area contributed by atoms with Crippen molar-refractivity contribution in [2.24, 2.45) is 0 Å². The number of aliphatic hydroxyl groups excluding tert-OH is 1. The molecule has 2 aromatic rings. The highest BCUT2D eigenvalue weighted by Crippen LogP contribution is 2.20. The minimum atomic E-state index is -0.675. The van der Waals surface area contributed by atoms with Crippen LogP contribution in [0.15, 0.2) is 44.0 Å². The Morgan fingerprint density at radius 3 is 2.58 bits per heavy atom. The molecule has 1 atom stereocenters. The molecule has 0 radical (unpaired) electrons. The van der Waals surface area contributed by atoms with Crippen LogP contribution in [-0.4, -0.2) is 17.6 Å². The predicted octanol–water partition coefficient (Wildman–Crippen LogP) is 3.74. The van der Waals surface area contributed by atoms with Crippen LogP contribution in [0, 0.1) is 0 Å². The van der Waals surface area contributed by atoms with Crippen molar-refractivity contribution in [3.05, 3.63) is 55.1 Å². The van der Waals surface area contributed by atoms with Gasteiger partial charge in [-0.25, -0.2) is 0 Å². The molecule has 2 N–H and O–H groups in total. The van der Waals surface area contributed by atoms with Crippen LogP contribution in [-0.2, 0) is 0 Å². The molecule has 1 aromatic carbocycles. The van der Waals surface area contributed by atoms with Gasteiger partial charge in [-0.05, 0) is 40.6 Å². The van der Waals surface area contributed by atoms with Gasteiger partial charge in [-0.1, -0.05) is 31.9 Å². The Morgan fingerprint density at radius 2 is 2.00 bits per heavy atom. The van der Waals surface area contributed by atoms with Crippen molar-refractivity contribution in [2.75, 3.05) is 6.54 Å². The molecule has 0 spiro atoms. The number of hydrogen-bond donors (Lipinski definition) is 2. The number of amides is 1. The van der Waals surface area contributed by atoms with E-state index in [2.05, 4.69) is 37.2 Å². The van der Waals surface area contributed by atoms with Crippen LogP contribution in [0.5, 0.6) is 0 Å². The third kappa shape index (κ3) is 4.14. The van der Waals surface area contributed by atoms with E-state index < -0.39 is 6.10 Å². The van der Waals surface area contributed by atoms with Crippen LogP contribution in [0.2, 0.25) is 0 Å². The first-order chi connectivity index (χ1) is 9.06. The van der Waals surface area contributed by atoms with Gasteiger partial charge in [-0.3, -0.25) is 4.79 Å². The first-order valence-electron chi connectivity index (χ1n) is 5.50. The zero-order chi connectivity index (χ0) is 13.8. The first kappa shape index (κ1) is 14.7. The number of nitrogens with one attached hydrogen (secondary N) is 1. The van der Waals surface area contributed by atoms with Gasteiger partial charge < -0.3 is 10.4 Å². The molecule has 0 bridgehead atoms. The van der Waals surface area contributed by atoms with E-state index in [1.165, 1.54) is 11.3 Å². The Labute approximate surface area is 131 Å². The minimum absolute atomic E-state index is 0.194. The quantitative estimate of drug-likeness (QED) is 0.815. The van der Waals surface area contributed by atoms with Crippen LogP contribution < -0.4 is 5.32 Å². The number of carbonyl (C=O) groups is 1. The maximum absolute atomic E-state index is 12.0. The van der Waals surface area contributed by atoms with Crippen LogP contribution in [0.25, 0.3) is 0 Å². The summed E-state index contributed by atoms with van der Waals surface area (Å²) in [6.07, 6.45) is -0.675. The van der Waals surface area contributed by atoms with E-state index in [1.807, 2.05) is 22.9 Å². The summed E-state index contributed by atoms with van der Waals surface area (Å²) < 4.78 is 1.65. The molecule has 2 rings (SSSR count). The molecule has 1 heterocycles. The Balaban J connectivity index is 1.98. The molecular formula is C13H11Br2NO2S. The van der Waals surface area contributed by atoms with Gasteiger partial charge in [0.25, 0.3) is 5.91 Å². The topological polar surface area (TPSA) is 49.3 Å². The second-order valence-corrected chi connectivity index (χ2v) is 6.55. The van der Waals surface area contributed by atoms with Crippen LogP contribution >= 0.6 is 43.2 Å². The smallest absolute Gasteiger partial charge is 0.251 e. The largest absolute Gasteiger partial charge is 0.387 e. The van der Waals surface area contributed by atoms with Gasteiger partial charge in [-0.2, -0.15) is 11.3 Å². The summed E-state index contributed by atoms with van der Waals surface area (Å²) in [7, 11) is 0. The van der Waals surface area contributed by atoms with Gasteiger partial charge in [0.2, 0.25) is 0 Å². The lowest BCUT2D eigenvalue weighted by molar-refractivity contribution is 0.0916. The summed E-state index contributed by atoms with van der Waals surface area (Å²) in [4.78, 5) is 12.0. The standard InChI is InChI=1S/C13H11Br2NO2S/c14-10-3-9(4-11(15)5-10)13(18)16-6-12(17)8-1-2-19-7-8/h1-5,7,12,17H,6H2,(H,16,18). The Kier molecular flexibility index (Phi) is 5.15. The summed E-state index contributed by atoms with van der Waals surface area (Å²) >= 11 is 8.19. The molecule has 0 saturated heterocycles. The lowest BCUT2D eigenvalue weighted by atomic mass is 10.2. The molecule has 0 aliphatic carbocycles. The van der Waals surface area contributed by atoms with E-state index >= 15 is 0 Å². The van der Waals surface area contributed by atoms with Crippen molar-refractivity contribution in [1.29, 1.82) is 0 Å². The van der Waals surface area contributed by atoms with Crippen molar-refractivity contribution in [3.63, 3.8) is 0 Å². The molecule has 1 unspecified atom stereocenters. The lowest BCUT2D eigenvalue weighted by Gasteiger charge is -2.11. The van der Waals surface area contributed by atoms with Gasteiger partial charge >= 0.3 is 0 Å². The Morgan fingerprint density at radius 1 is 1.32 bits per heavy atom. The second kappa shape index (κ2) is 6.65. The van der Waals surface area contributed by atoms with E-state index in [9.17, 15) is 9.90 Å². The van der Waals surface area contributed by atoms with Gasteiger partial charge in [0.15, 0.2) is 0 Å². The molecule has 3 nitrogen and oxygen atoms in total. The van der Waals surface area contributed by atoms with Crippen LogP contribution in [0.4, 0.5) is 0 Å². The summed E-state index contributed by atoms with van der Waals surface area (Å²) in [5.41, 5.74) is 1.36. The summed E-state index contributed by atoms with van der Waals surface area (Å²) in [5, 5.41) is 16.4. The van der Waals surface area contributed by atoms with Crippen molar-refractivity contribution in [3.8, 4) is 0 Å². The van der Waals surface area contributed by atoms with Gasteiger partial charge in [-0.15, -0.1) is 0 Å². The maximum Gasteiger partial charge on any atom is 0.251 e. The molecule has 19 heavy (non-hydrogen) atoms. The van der Waals surface area contributed by atoms with Crippen molar-refractivity contribution in [2.45, 2.75) is 6.10 Å². The van der Waals surface area contributed by atoms with Crippen molar-refractivity contribution in [1.82, 2.24) is 5.32 Å². The molecule has 0 aliphatic heterocycles. The zero-order valence-electron chi connectivity index (χ0n) is 9.77. The highest BCUT2D eigenvalue weighted by atomic mass is 79.9. The molecule has 0 saturated carbocycles. The van der Waals surface area contributed by atoms with E-state index in [4.69, 9.17) is 0 Å². The molecule has 1 aromatic heterocycles.